The number of likely N-dealkylation sites (N-methyl/N-ethyl adjacent to an activating group) is 1. The molecular weight excluding hydrogens is 306 g/mol. The van der Waals surface area contributed by atoms with Gasteiger partial charge < -0.3 is 19.7 Å². The summed E-state index contributed by atoms with van der Waals surface area (Å²) in [4.78, 5) is 12.2. The summed E-state index contributed by atoms with van der Waals surface area (Å²) >= 11 is 0. The monoisotopic (exact) mass is 328 g/mol. The van der Waals surface area contributed by atoms with E-state index in [-0.39, 0.29) is 19.2 Å². The third-order valence-corrected chi connectivity index (χ3v) is 3.86. The van der Waals surface area contributed by atoms with Crippen molar-refractivity contribution in [1.29, 1.82) is 0 Å². The van der Waals surface area contributed by atoms with Crippen LogP contribution in [0.4, 0.5) is 0 Å². The van der Waals surface area contributed by atoms with E-state index in [0.717, 1.165) is 16.9 Å². The highest BCUT2D eigenvalue weighted by molar-refractivity contribution is 5.66. The van der Waals surface area contributed by atoms with Crippen LogP contribution in [0.15, 0.2) is 54.6 Å². The number of benzene rings is 2. The van der Waals surface area contributed by atoms with E-state index in [2.05, 4.69) is 0 Å². The Bertz CT molecular complexity index is 628. The second-order valence-electron chi connectivity index (χ2n) is 5.75. The van der Waals surface area contributed by atoms with Crippen LogP contribution in [0.25, 0.3) is 0 Å². The fourth-order valence-corrected chi connectivity index (χ4v) is 2.43. The van der Waals surface area contributed by atoms with Crippen molar-refractivity contribution in [2.24, 2.45) is 0 Å². The number of carboxylic acid groups (broad SMARTS) is 1. The average Bonchev–Trinajstić information content (AvgIpc) is 2.59. The van der Waals surface area contributed by atoms with Gasteiger partial charge in [-0.3, -0.25) is 4.90 Å². The molecule has 1 atom stereocenters. The molecule has 128 valence electrons. The largest absolute Gasteiger partial charge is 0.549 e. The number of aliphatic carboxylic acids is 1. The Morgan fingerprint density at radius 3 is 2.38 bits per heavy atom. The number of aliphatic hydroxyl groups excluding tert-OH is 1. The lowest BCUT2D eigenvalue weighted by atomic mass is 10.1. The minimum atomic E-state index is -1.15. The first kappa shape index (κ1) is 18.0. The lowest BCUT2D eigenvalue weighted by Crippen LogP contribution is -2.44. The highest BCUT2D eigenvalue weighted by Gasteiger charge is 2.14. The second-order valence-corrected chi connectivity index (χ2v) is 5.75. The molecule has 0 bridgehead atoms. The molecule has 0 heterocycles. The fraction of sp³-hybridized carbons (Fsp3) is 0.316. The Kier molecular flexibility index (Phi) is 6.78. The fourth-order valence-electron chi connectivity index (χ4n) is 2.43. The molecule has 0 saturated carbocycles. The lowest BCUT2D eigenvalue weighted by molar-refractivity contribution is -0.306. The van der Waals surface area contributed by atoms with Crippen LogP contribution in [0.5, 0.6) is 5.75 Å². The molecular formula is C19H22NO4-. The Labute approximate surface area is 142 Å². The number of nitrogens with zero attached hydrogens (tertiary/aromatic N) is 1. The zero-order valence-corrected chi connectivity index (χ0v) is 13.7. The Morgan fingerprint density at radius 2 is 1.79 bits per heavy atom. The number of carboxylic acids is 1. The molecule has 2 aromatic rings. The van der Waals surface area contributed by atoms with Crippen molar-refractivity contribution in [3.63, 3.8) is 0 Å². The van der Waals surface area contributed by atoms with E-state index in [1.54, 1.807) is 11.9 Å². The quantitative estimate of drug-likeness (QED) is 0.739. The van der Waals surface area contributed by atoms with Gasteiger partial charge in [-0.2, -0.15) is 0 Å². The van der Waals surface area contributed by atoms with E-state index in [9.17, 15) is 15.0 Å². The van der Waals surface area contributed by atoms with Gasteiger partial charge in [0.25, 0.3) is 0 Å². The standard InChI is InChI=1S/C19H23NO4/c1-20(12-19(22)23)17(13-21)11-15-7-9-18(10-8-15)24-14-16-5-3-2-4-6-16/h2-10,17,21H,11-14H2,1H3,(H,22,23)/p-1/t17-/m0/s1. The summed E-state index contributed by atoms with van der Waals surface area (Å²) in [5.41, 5.74) is 2.11. The molecule has 0 aliphatic carbocycles. The van der Waals surface area contributed by atoms with Crippen LogP contribution in [-0.2, 0) is 17.8 Å². The zero-order chi connectivity index (χ0) is 17.4. The number of rotatable bonds is 9. The predicted molar refractivity (Wildman–Crippen MR) is 89.4 cm³/mol. The summed E-state index contributed by atoms with van der Waals surface area (Å²) in [6.45, 7) is 0.188. The van der Waals surface area contributed by atoms with Crippen LogP contribution in [0.1, 0.15) is 11.1 Å². The van der Waals surface area contributed by atoms with Crippen LogP contribution >= 0.6 is 0 Å². The average molecular weight is 328 g/mol. The second kappa shape index (κ2) is 9.05. The maximum Gasteiger partial charge on any atom is 0.119 e. The number of hydrogen-bond donors (Lipinski definition) is 1. The molecule has 0 unspecified atom stereocenters. The van der Waals surface area contributed by atoms with Crippen LogP contribution in [-0.4, -0.2) is 42.2 Å². The minimum Gasteiger partial charge on any atom is -0.549 e. The Hall–Kier alpha value is -2.37. The van der Waals surface area contributed by atoms with E-state index in [1.165, 1.54) is 0 Å². The SMILES string of the molecule is CN(CC(=O)[O-])[C@H](CO)Cc1ccc(OCc2ccccc2)cc1. The molecule has 5 nitrogen and oxygen atoms in total. The van der Waals surface area contributed by atoms with Crippen molar-refractivity contribution >= 4 is 5.97 Å². The maximum atomic E-state index is 10.7. The number of ether oxygens (including phenoxy) is 1. The summed E-state index contributed by atoms with van der Waals surface area (Å²) in [6, 6.07) is 17.3. The smallest absolute Gasteiger partial charge is 0.119 e. The lowest BCUT2D eigenvalue weighted by Gasteiger charge is -2.26. The van der Waals surface area contributed by atoms with Crippen molar-refractivity contribution in [2.75, 3.05) is 20.2 Å². The van der Waals surface area contributed by atoms with Crippen molar-refractivity contribution in [1.82, 2.24) is 4.90 Å². The van der Waals surface area contributed by atoms with Gasteiger partial charge in [0.05, 0.1) is 12.6 Å². The van der Waals surface area contributed by atoms with Gasteiger partial charge in [0.2, 0.25) is 0 Å². The van der Waals surface area contributed by atoms with E-state index in [0.29, 0.717) is 13.0 Å². The van der Waals surface area contributed by atoms with Crippen LogP contribution in [0.3, 0.4) is 0 Å². The minimum absolute atomic E-state index is 0.115. The molecule has 2 aromatic carbocycles. The summed E-state index contributed by atoms with van der Waals surface area (Å²) < 4.78 is 5.73. The topological polar surface area (TPSA) is 72.8 Å². The molecule has 24 heavy (non-hydrogen) atoms. The predicted octanol–water partition coefficient (Wildman–Crippen LogP) is 0.851. The third kappa shape index (κ3) is 5.68. The molecule has 0 amide bonds. The van der Waals surface area contributed by atoms with E-state index in [1.807, 2.05) is 54.6 Å². The molecule has 0 aliphatic rings. The highest BCUT2D eigenvalue weighted by atomic mass is 16.5. The van der Waals surface area contributed by atoms with Gasteiger partial charge in [0.15, 0.2) is 0 Å². The first-order chi connectivity index (χ1) is 11.6. The van der Waals surface area contributed by atoms with Crippen molar-refractivity contribution in [3.05, 3.63) is 65.7 Å². The summed E-state index contributed by atoms with van der Waals surface area (Å²) in [6.07, 6.45) is 0.555. The maximum absolute atomic E-state index is 10.7. The van der Waals surface area contributed by atoms with Crippen molar-refractivity contribution < 1.29 is 19.7 Å². The molecule has 0 fully saturated rings. The Morgan fingerprint density at radius 1 is 1.12 bits per heavy atom. The van der Waals surface area contributed by atoms with Gasteiger partial charge in [-0.05, 0) is 36.7 Å². The number of carbonyl (C=O) groups excluding carboxylic acids is 1. The summed E-state index contributed by atoms with van der Waals surface area (Å²) in [5.74, 6) is -0.383. The van der Waals surface area contributed by atoms with Crippen LogP contribution < -0.4 is 9.84 Å². The first-order valence-electron chi connectivity index (χ1n) is 7.85. The number of aliphatic hydroxyl groups is 1. The van der Waals surface area contributed by atoms with E-state index >= 15 is 0 Å². The molecule has 0 radical (unpaired) electrons. The molecule has 0 aliphatic heterocycles. The number of hydrogen-bond acceptors (Lipinski definition) is 5. The van der Waals surface area contributed by atoms with E-state index in [4.69, 9.17) is 4.74 Å². The summed E-state index contributed by atoms with van der Waals surface area (Å²) in [5, 5.41) is 20.1. The van der Waals surface area contributed by atoms with Gasteiger partial charge >= 0.3 is 0 Å². The van der Waals surface area contributed by atoms with Crippen molar-refractivity contribution in [2.45, 2.75) is 19.1 Å². The summed E-state index contributed by atoms with van der Waals surface area (Å²) in [7, 11) is 1.66. The van der Waals surface area contributed by atoms with Gasteiger partial charge in [-0.1, -0.05) is 42.5 Å². The zero-order valence-electron chi connectivity index (χ0n) is 13.7. The van der Waals surface area contributed by atoms with Gasteiger partial charge in [-0.15, -0.1) is 0 Å². The number of carbonyl (C=O) groups is 1. The first-order valence-corrected chi connectivity index (χ1v) is 7.85. The van der Waals surface area contributed by atoms with Gasteiger partial charge in [0, 0.05) is 12.6 Å². The third-order valence-electron chi connectivity index (χ3n) is 3.86. The Balaban J connectivity index is 1.89. The van der Waals surface area contributed by atoms with Gasteiger partial charge in [0.1, 0.15) is 12.4 Å². The molecule has 1 N–H and O–H groups in total. The van der Waals surface area contributed by atoms with Crippen LogP contribution in [0.2, 0.25) is 0 Å². The van der Waals surface area contributed by atoms with Gasteiger partial charge in [-0.25, -0.2) is 0 Å². The van der Waals surface area contributed by atoms with Crippen molar-refractivity contribution in [3.8, 4) is 5.75 Å². The van der Waals surface area contributed by atoms with E-state index < -0.39 is 5.97 Å². The van der Waals surface area contributed by atoms with Crippen LogP contribution in [0, 0.1) is 0 Å². The molecule has 0 aromatic heterocycles. The molecule has 0 saturated heterocycles. The molecule has 0 spiro atoms. The molecule has 2 rings (SSSR count). The molecule has 5 heteroatoms. The normalized spacial score (nSPS) is 12.1. The highest BCUT2D eigenvalue weighted by Crippen LogP contribution is 2.16.